The molecule has 18 heavy (non-hydrogen) atoms. The van der Waals surface area contributed by atoms with E-state index in [1.807, 2.05) is 13.8 Å². The average Bonchev–Trinajstić information content (AvgIpc) is 2.30. The minimum absolute atomic E-state index is 0.0571. The van der Waals surface area contributed by atoms with E-state index in [0.29, 0.717) is 0 Å². The van der Waals surface area contributed by atoms with Gasteiger partial charge in [0.05, 0.1) is 13.2 Å². The summed E-state index contributed by atoms with van der Waals surface area (Å²) in [6.07, 6.45) is 1.96. The van der Waals surface area contributed by atoms with Crippen molar-refractivity contribution in [3.05, 3.63) is 12.2 Å². The number of nitrogens with one attached hydrogen (secondary N) is 1. The van der Waals surface area contributed by atoms with Crippen LogP contribution in [0.4, 0.5) is 0 Å². The molecule has 0 saturated heterocycles. The Kier molecular flexibility index (Phi) is 7.42. The summed E-state index contributed by atoms with van der Waals surface area (Å²) in [4.78, 5) is 32.9. The Morgan fingerprint density at radius 1 is 1.17 bits per heavy atom. The average molecular weight is 257 g/mol. The van der Waals surface area contributed by atoms with Gasteiger partial charge in [-0.25, -0.2) is 9.59 Å². The third-order valence-electron chi connectivity index (χ3n) is 2.16. The predicted octanol–water partition coefficient (Wildman–Crippen LogP) is 0.419. The molecule has 1 atom stereocenters. The molecule has 1 N–H and O–H groups in total. The SMILES string of the molecule is COC(=O)/C=C/C(=O)OC[C@@H](NC(C)=O)C(C)C. The van der Waals surface area contributed by atoms with Crippen LogP contribution in [0.25, 0.3) is 0 Å². The van der Waals surface area contributed by atoms with Crippen LogP contribution < -0.4 is 5.32 Å². The van der Waals surface area contributed by atoms with Gasteiger partial charge in [0, 0.05) is 19.1 Å². The number of carbonyl (C=O) groups excluding carboxylic acids is 3. The fraction of sp³-hybridized carbons (Fsp3) is 0.583. The third kappa shape index (κ3) is 7.43. The summed E-state index contributed by atoms with van der Waals surface area (Å²) < 4.78 is 9.24. The van der Waals surface area contributed by atoms with Gasteiger partial charge in [-0.2, -0.15) is 0 Å². The zero-order valence-corrected chi connectivity index (χ0v) is 11.1. The van der Waals surface area contributed by atoms with Gasteiger partial charge in [0.1, 0.15) is 6.61 Å². The lowest BCUT2D eigenvalue weighted by Crippen LogP contribution is -2.41. The van der Waals surface area contributed by atoms with Crippen LogP contribution in [0.15, 0.2) is 12.2 Å². The highest BCUT2D eigenvalue weighted by Crippen LogP contribution is 2.02. The van der Waals surface area contributed by atoms with E-state index >= 15 is 0 Å². The minimum Gasteiger partial charge on any atom is -0.466 e. The van der Waals surface area contributed by atoms with E-state index in [9.17, 15) is 14.4 Å². The maximum absolute atomic E-state index is 11.2. The van der Waals surface area contributed by atoms with Crippen molar-refractivity contribution in [1.82, 2.24) is 5.32 Å². The summed E-state index contributed by atoms with van der Waals surface area (Å²) in [6.45, 7) is 5.26. The first-order chi connectivity index (χ1) is 8.36. The molecule has 0 aromatic rings. The van der Waals surface area contributed by atoms with Gasteiger partial charge in [0.2, 0.25) is 5.91 Å². The van der Waals surface area contributed by atoms with Crippen LogP contribution in [0, 0.1) is 5.92 Å². The van der Waals surface area contributed by atoms with Crippen molar-refractivity contribution in [2.45, 2.75) is 26.8 Å². The van der Waals surface area contributed by atoms with Crippen molar-refractivity contribution in [1.29, 1.82) is 0 Å². The number of hydrogen-bond donors (Lipinski definition) is 1. The quantitative estimate of drug-likeness (QED) is 0.551. The van der Waals surface area contributed by atoms with Crippen molar-refractivity contribution in [3.8, 4) is 0 Å². The molecule has 0 aromatic heterocycles. The van der Waals surface area contributed by atoms with Crippen LogP contribution in [0.2, 0.25) is 0 Å². The topological polar surface area (TPSA) is 81.7 Å². The Balaban J connectivity index is 4.19. The van der Waals surface area contributed by atoms with Crippen molar-refractivity contribution >= 4 is 17.8 Å². The van der Waals surface area contributed by atoms with E-state index in [1.165, 1.54) is 14.0 Å². The fourth-order valence-electron chi connectivity index (χ4n) is 1.09. The Hall–Kier alpha value is -1.85. The van der Waals surface area contributed by atoms with E-state index in [2.05, 4.69) is 10.1 Å². The summed E-state index contributed by atoms with van der Waals surface area (Å²) in [6, 6.07) is -0.252. The lowest BCUT2D eigenvalue weighted by molar-refractivity contribution is -0.140. The molecule has 0 aliphatic rings. The Morgan fingerprint density at radius 3 is 2.17 bits per heavy atom. The number of methoxy groups -OCH3 is 1. The van der Waals surface area contributed by atoms with E-state index in [1.54, 1.807) is 0 Å². The molecule has 0 rings (SSSR count). The maximum Gasteiger partial charge on any atom is 0.331 e. The van der Waals surface area contributed by atoms with Crippen molar-refractivity contribution in [3.63, 3.8) is 0 Å². The first-order valence-electron chi connectivity index (χ1n) is 5.56. The molecular weight excluding hydrogens is 238 g/mol. The largest absolute Gasteiger partial charge is 0.466 e. The van der Waals surface area contributed by atoms with Gasteiger partial charge in [0.15, 0.2) is 0 Å². The summed E-state index contributed by atoms with van der Waals surface area (Å²) in [5, 5.41) is 2.68. The number of ether oxygens (including phenoxy) is 2. The second-order valence-electron chi connectivity index (χ2n) is 4.04. The van der Waals surface area contributed by atoms with E-state index < -0.39 is 11.9 Å². The molecule has 0 spiro atoms. The zero-order valence-electron chi connectivity index (χ0n) is 11.1. The van der Waals surface area contributed by atoms with Crippen LogP contribution in [0.3, 0.4) is 0 Å². The highest BCUT2D eigenvalue weighted by atomic mass is 16.5. The first-order valence-corrected chi connectivity index (χ1v) is 5.56. The standard InChI is InChI=1S/C12H19NO5/c1-8(2)10(13-9(3)14)7-18-12(16)6-5-11(15)17-4/h5-6,8,10H,7H2,1-4H3,(H,13,14)/b6-5+/t10-/m1/s1. The number of rotatable bonds is 6. The second-order valence-corrected chi connectivity index (χ2v) is 4.04. The maximum atomic E-state index is 11.2. The van der Waals surface area contributed by atoms with Crippen LogP contribution in [-0.2, 0) is 23.9 Å². The molecule has 0 radical (unpaired) electrons. The number of hydrogen-bond acceptors (Lipinski definition) is 5. The normalized spacial score (nSPS) is 12.3. The van der Waals surface area contributed by atoms with Crippen molar-refractivity contribution < 1.29 is 23.9 Å². The highest BCUT2D eigenvalue weighted by molar-refractivity contribution is 5.91. The first kappa shape index (κ1) is 16.1. The molecule has 0 aliphatic carbocycles. The van der Waals surface area contributed by atoms with Gasteiger partial charge >= 0.3 is 11.9 Å². The molecule has 0 bridgehead atoms. The smallest absolute Gasteiger partial charge is 0.331 e. The highest BCUT2D eigenvalue weighted by Gasteiger charge is 2.16. The number of carbonyl (C=O) groups is 3. The van der Waals surface area contributed by atoms with Gasteiger partial charge in [-0.1, -0.05) is 13.8 Å². The molecule has 6 heteroatoms. The predicted molar refractivity (Wildman–Crippen MR) is 64.6 cm³/mol. The molecule has 0 unspecified atom stereocenters. The minimum atomic E-state index is -0.656. The van der Waals surface area contributed by atoms with Crippen LogP contribution in [-0.4, -0.2) is 37.6 Å². The molecule has 102 valence electrons. The Bertz CT molecular complexity index is 335. The molecule has 0 fully saturated rings. The third-order valence-corrected chi connectivity index (χ3v) is 2.16. The van der Waals surface area contributed by atoms with Gasteiger partial charge < -0.3 is 14.8 Å². The van der Waals surface area contributed by atoms with E-state index in [-0.39, 0.29) is 24.5 Å². The van der Waals surface area contributed by atoms with E-state index in [0.717, 1.165) is 12.2 Å². The lowest BCUT2D eigenvalue weighted by atomic mass is 10.1. The molecule has 0 aromatic carbocycles. The lowest BCUT2D eigenvalue weighted by Gasteiger charge is -2.20. The molecule has 0 saturated carbocycles. The van der Waals surface area contributed by atoms with Crippen LogP contribution >= 0.6 is 0 Å². The molecular formula is C12H19NO5. The molecule has 0 heterocycles. The summed E-state index contributed by atoms with van der Waals surface area (Å²) in [7, 11) is 1.21. The summed E-state index contributed by atoms with van der Waals surface area (Å²) in [5.41, 5.74) is 0. The fourth-order valence-corrected chi connectivity index (χ4v) is 1.09. The molecule has 1 amide bonds. The van der Waals surface area contributed by atoms with Gasteiger partial charge in [-0.3, -0.25) is 4.79 Å². The zero-order chi connectivity index (χ0) is 14.1. The summed E-state index contributed by atoms with van der Waals surface area (Å²) >= 11 is 0. The number of esters is 2. The summed E-state index contributed by atoms with van der Waals surface area (Å²) in [5.74, 6) is -1.34. The monoisotopic (exact) mass is 257 g/mol. The van der Waals surface area contributed by atoms with Crippen LogP contribution in [0.5, 0.6) is 0 Å². The van der Waals surface area contributed by atoms with Gasteiger partial charge in [-0.15, -0.1) is 0 Å². The second kappa shape index (κ2) is 8.27. The van der Waals surface area contributed by atoms with E-state index in [4.69, 9.17) is 4.74 Å². The molecule has 6 nitrogen and oxygen atoms in total. The number of amides is 1. The Morgan fingerprint density at radius 2 is 1.72 bits per heavy atom. The van der Waals surface area contributed by atoms with Crippen LogP contribution in [0.1, 0.15) is 20.8 Å². The van der Waals surface area contributed by atoms with Crippen molar-refractivity contribution in [2.24, 2.45) is 5.92 Å². The molecule has 0 aliphatic heterocycles. The van der Waals surface area contributed by atoms with Gasteiger partial charge in [0.25, 0.3) is 0 Å². The van der Waals surface area contributed by atoms with Gasteiger partial charge in [-0.05, 0) is 5.92 Å². The van der Waals surface area contributed by atoms with Crippen molar-refractivity contribution in [2.75, 3.05) is 13.7 Å². The Labute approximate surface area is 106 Å².